The minimum atomic E-state index is -0.357. The average molecular weight is 390 g/mol. The highest BCUT2D eigenvalue weighted by Crippen LogP contribution is 2.37. The average Bonchev–Trinajstić information content (AvgIpc) is 3.27. The van der Waals surface area contributed by atoms with E-state index in [1.54, 1.807) is 11.9 Å². The van der Waals surface area contributed by atoms with E-state index in [0.29, 0.717) is 6.54 Å². The van der Waals surface area contributed by atoms with E-state index in [9.17, 15) is 9.59 Å². The van der Waals surface area contributed by atoms with Crippen molar-refractivity contribution in [3.63, 3.8) is 0 Å². The SMILES string of the molecule is Cc1ccc(C2C(C(=O)NCCCn3cnc4ccccc43)CC(=O)N2C)cc1. The van der Waals surface area contributed by atoms with E-state index in [1.807, 2.05) is 61.8 Å². The van der Waals surface area contributed by atoms with Crippen LogP contribution in [0.4, 0.5) is 0 Å². The van der Waals surface area contributed by atoms with Crippen molar-refractivity contribution in [3.05, 3.63) is 66.0 Å². The van der Waals surface area contributed by atoms with Crippen LogP contribution < -0.4 is 5.32 Å². The predicted molar refractivity (Wildman–Crippen MR) is 112 cm³/mol. The number of carbonyl (C=O) groups excluding carboxylic acids is 2. The quantitative estimate of drug-likeness (QED) is 0.658. The van der Waals surface area contributed by atoms with Gasteiger partial charge in [0.1, 0.15) is 0 Å². The lowest BCUT2D eigenvalue weighted by Crippen LogP contribution is -2.35. The third-order valence-electron chi connectivity index (χ3n) is 5.74. The summed E-state index contributed by atoms with van der Waals surface area (Å²) in [5, 5.41) is 3.04. The Morgan fingerprint density at radius 3 is 2.72 bits per heavy atom. The molecule has 1 aromatic heterocycles. The Kier molecular flexibility index (Phi) is 5.34. The lowest BCUT2D eigenvalue weighted by atomic mass is 9.92. The van der Waals surface area contributed by atoms with Gasteiger partial charge in [0, 0.05) is 26.6 Å². The van der Waals surface area contributed by atoms with E-state index in [-0.39, 0.29) is 30.2 Å². The van der Waals surface area contributed by atoms with Gasteiger partial charge in [-0.2, -0.15) is 0 Å². The fraction of sp³-hybridized carbons (Fsp3) is 0.348. The zero-order valence-corrected chi connectivity index (χ0v) is 16.8. The number of aryl methyl sites for hydroxylation is 2. The molecule has 150 valence electrons. The van der Waals surface area contributed by atoms with Crippen molar-refractivity contribution < 1.29 is 9.59 Å². The van der Waals surface area contributed by atoms with Gasteiger partial charge >= 0.3 is 0 Å². The van der Waals surface area contributed by atoms with E-state index in [0.717, 1.165) is 35.1 Å². The van der Waals surface area contributed by atoms with Crippen molar-refractivity contribution in [1.82, 2.24) is 19.8 Å². The van der Waals surface area contributed by atoms with Gasteiger partial charge in [-0.3, -0.25) is 9.59 Å². The molecule has 1 aliphatic rings. The number of nitrogens with zero attached hydrogens (tertiary/aromatic N) is 3. The van der Waals surface area contributed by atoms with Crippen LogP contribution in [-0.2, 0) is 16.1 Å². The molecule has 0 spiro atoms. The molecule has 3 aromatic rings. The van der Waals surface area contributed by atoms with Gasteiger partial charge in [-0.15, -0.1) is 0 Å². The molecule has 2 aromatic carbocycles. The molecule has 0 aliphatic carbocycles. The molecule has 2 heterocycles. The Labute approximate surface area is 170 Å². The highest BCUT2D eigenvalue weighted by molar-refractivity contribution is 5.90. The maximum atomic E-state index is 12.9. The zero-order chi connectivity index (χ0) is 20.4. The fourth-order valence-corrected chi connectivity index (χ4v) is 4.10. The van der Waals surface area contributed by atoms with Crippen LogP contribution in [0.25, 0.3) is 11.0 Å². The molecule has 2 atom stereocenters. The molecule has 29 heavy (non-hydrogen) atoms. The van der Waals surface area contributed by atoms with Crippen LogP contribution in [0.3, 0.4) is 0 Å². The molecule has 1 saturated heterocycles. The lowest BCUT2D eigenvalue weighted by molar-refractivity contribution is -0.128. The van der Waals surface area contributed by atoms with Gasteiger partial charge in [-0.25, -0.2) is 4.98 Å². The molecular formula is C23H26N4O2. The molecule has 0 bridgehead atoms. The normalized spacial score (nSPS) is 19.1. The van der Waals surface area contributed by atoms with Crippen molar-refractivity contribution in [2.24, 2.45) is 5.92 Å². The molecular weight excluding hydrogens is 364 g/mol. The number of para-hydroxylation sites is 2. The maximum absolute atomic E-state index is 12.9. The van der Waals surface area contributed by atoms with Gasteiger partial charge in [0.2, 0.25) is 11.8 Å². The number of rotatable bonds is 6. The number of imidazole rings is 1. The number of hydrogen-bond acceptors (Lipinski definition) is 3. The van der Waals surface area contributed by atoms with E-state index >= 15 is 0 Å². The highest BCUT2D eigenvalue weighted by atomic mass is 16.2. The van der Waals surface area contributed by atoms with Crippen molar-refractivity contribution in [2.75, 3.05) is 13.6 Å². The predicted octanol–water partition coefficient (Wildman–Crippen LogP) is 3.07. The number of aromatic nitrogens is 2. The summed E-state index contributed by atoms with van der Waals surface area (Å²) >= 11 is 0. The van der Waals surface area contributed by atoms with E-state index < -0.39 is 0 Å². The monoisotopic (exact) mass is 390 g/mol. The summed E-state index contributed by atoms with van der Waals surface area (Å²) in [6.07, 6.45) is 2.90. The van der Waals surface area contributed by atoms with Crippen LogP contribution >= 0.6 is 0 Å². The van der Waals surface area contributed by atoms with Gasteiger partial charge in [0.05, 0.1) is 29.3 Å². The number of amides is 2. The van der Waals surface area contributed by atoms with Crippen molar-refractivity contribution >= 4 is 22.8 Å². The Balaban J connectivity index is 1.36. The maximum Gasteiger partial charge on any atom is 0.226 e. The molecule has 1 N–H and O–H groups in total. The van der Waals surface area contributed by atoms with Gasteiger partial charge in [0.15, 0.2) is 0 Å². The van der Waals surface area contributed by atoms with Crippen LogP contribution in [0.5, 0.6) is 0 Å². The van der Waals surface area contributed by atoms with E-state index in [1.165, 1.54) is 0 Å². The zero-order valence-electron chi connectivity index (χ0n) is 16.8. The Morgan fingerprint density at radius 1 is 1.17 bits per heavy atom. The Bertz CT molecular complexity index is 1020. The molecule has 2 amide bonds. The molecule has 1 aliphatic heterocycles. The first kappa shape index (κ1) is 19.2. The number of carbonyl (C=O) groups is 2. The number of benzene rings is 2. The lowest BCUT2D eigenvalue weighted by Gasteiger charge is -2.25. The molecule has 0 saturated carbocycles. The minimum Gasteiger partial charge on any atom is -0.356 e. The Hall–Kier alpha value is -3.15. The summed E-state index contributed by atoms with van der Waals surface area (Å²) < 4.78 is 2.10. The summed E-state index contributed by atoms with van der Waals surface area (Å²) in [7, 11) is 1.78. The smallest absolute Gasteiger partial charge is 0.226 e. The second-order valence-corrected chi connectivity index (χ2v) is 7.74. The molecule has 1 fully saturated rings. The van der Waals surface area contributed by atoms with Crippen molar-refractivity contribution in [1.29, 1.82) is 0 Å². The molecule has 6 heteroatoms. The summed E-state index contributed by atoms with van der Waals surface area (Å²) in [4.78, 5) is 31.2. The first-order valence-electron chi connectivity index (χ1n) is 10.0. The summed E-state index contributed by atoms with van der Waals surface area (Å²) in [5.74, 6) is -0.395. The van der Waals surface area contributed by atoms with Gasteiger partial charge in [0.25, 0.3) is 0 Å². The molecule has 4 rings (SSSR count). The summed E-state index contributed by atoms with van der Waals surface area (Å²) in [5.41, 5.74) is 4.24. The number of nitrogens with one attached hydrogen (secondary N) is 1. The fourth-order valence-electron chi connectivity index (χ4n) is 4.10. The van der Waals surface area contributed by atoms with Crippen LogP contribution in [0.2, 0.25) is 0 Å². The molecule has 6 nitrogen and oxygen atoms in total. The molecule has 0 radical (unpaired) electrons. The first-order valence-corrected chi connectivity index (χ1v) is 10.0. The topological polar surface area (TPSA) is 67.2 Å². The standard InChI is InChI=1S/C23H26N4O2/c1-16-8-10-17(11-9-16)22-18(14-21(28)26(22)2)23(29)24-12-5-13-27-15-25-19-6-3-4-7-20(19)27/h3-4,6-11,15,18,22H,5,12-14H2,1-2H3,(H,24,29). The van der Waals surface area contributed by atoms with Gasteiger partial charge in [-0.05, 0) is 31.0 Å². The summed E-state index contributed by atoms with van der Waals surface area (Å²) in [6, 6.07) is 15.9. The highest BCUT2D eigenvalue weighted by Gasteiger charge is 2.42. The number of likely N-dealkylation sites (tertiary alicyclic amines) is 1. The van der Waals surface area contributed by atoms with Crippen molar-refractivity contribution in [3.8, 4) is 0 Å². The summed E-state index contributed by atoms with van der Waals surface area (Å²) in [6.45, 7) is 3.38. The van der Waals surface area contributed by atoms with Crippen LogP contribution in [0.15, 0.2) is 54.9 Å². The second kappa shape index (κ2) is 8.07. The van der Waals surface area contributed by atoms with Crippen LogP contribution in [0, 0.1) is 12.8 Å². The number of fused-ring (bicyclic) bond motifs is 1. The Morgan fingerprint density at radius 2 is 1.93 bits per heavy atom. The van der Waals surface area contributed by atoms with Gasteiger partial charge in [-0.1, -0.05) is 42.0 Å². The second-order valence-electron chi connectivity index (χ2n) is 7.74. The first-order chi connectivity index (χ1) is 14.0. The number of hydrogen-bond donors (Lipinski definition) is 1. The third-order valence-corrected chi connectivity index (χ3v) is 5.74. The van der Waals surface area contributed by atoms with E-state index in [4.69, 9.17) is 0 Å². The molecule has 2 unspecified atom stereocenters. The van der Waals surface area contributed by atoms with Gasteiger partial charge < -0.3 is 14.8 Å². The van der Waals surface area contributed by atoms with Crippen LogP contribution in [0.1, 0.15) is 30.0 Å². The van der Waals surface area contributed by atoms with Crippen molar-refractivity contribution in [2.45, 2.75) is 32.4 Å². The third kappa shape index (κ3) is 3.88. The van der Waals surface area contributed by atoms with Crippen LogP contribution in [-0.4, -0.2) is 39.9 Å². The minimum absolute atomic E-state index is 0.0145. The largest absolute Gasteiger partial charge is 0.356 e. The van der Waals surface area contributed by atoms with E-state index in [2.05, 4.69) is 14.9 Å².